The Labute approximate surface area is 533 Å². The van der Waals surface area contributed by atoms with Crippen LogP contribution in [0.5, 0.6) is 0 Å². The molecule has 0 saturated carbocycles. The molecule has 4 aliphatic heterocycles. The number of fused-ring (bicyclic) bond motifs is 5. The van der Waals surface area contributed by atoms with Crippen molar-refractivity contribution in [1.82, 2.24) is 15.1 Å². The first-order valence-electron chi connectivity index (χ1n) is 30.9. The highest BCUT2D eigenvalue weighted by Crippen LogP contribution is 2.44. The van der Waals surface area contributed by atoms with Gasteiger partial charge in [0.15, 0.2) is 0 Å². The number of unbranched alkanes of at least 4 members (excludes halogenated alkanes) is 4. The first kappa shape index (κ1) is 65.0. The molecule has 2 N–H and O–H groups in total. The van der Waals surface area contributed by atoms with Crippen LogP contribution in [-0.4, -0.2) is 113 Å². The molecule has 2 fully saturated rings. The zero-order chi connectivity index (χ0) is 63.4. The number of rotatable bonds is 24. The maximum absolute atomic E-state index is 13.5. The number of alkyl halides is 2. The van der Waals surface area contributed by atoms with Gasteiger partial charge in [-0.3, -0.25) is 9.59 Å². The summed E-state index contributed by atoms with van der Waals surface area (Å²) in [5.74, 6) is -0.717. The molecule has 6 heterocycles. The van der Waals surface area contributed by atoms with E-state index in [4.69, 9.17) is 60.5 Å². The minimum atomic E-state index is -1.01. The number of carbonyl (C=O) groups is 4. The molecule has 2 saturated heterocycles. The van der Waals surface area contributed by atoms with E-state index in [-0.39, 0.29) is 49.8 Å². The molecule has 2 aromatic heterocycles. The van der Waals surface area contributed by atoms with Crippen LogP contribution in [0, 0.1) is 5.92 Å². The van der Waals surface area contributed by atoms with Crippen molar-refractivity contribution in [2.24, 2.45) is 15.9 Å². The van der Waals surface area contributed by atoms with Gasteiger partial charge in [-0.05, 0) is 77.1 Å². The van der Waals surface area contributed by atoms with Crippen molar-refractivity contribution in [2.45, 2.75) is 141 Å². The summed E-state index contributed by atoms with van der Waals surface area (Å²) in [6.45, 7) is 15.7. The van der Waals surface area contributed by atoms with Crippen molar-refractivity contribution >= 4 is 59.6 Å². The maximum Gasteiger partial charge on any atom is 0.407 e. The summed E-state index contributed by atoms with van der Waals surface area (Å²) in [5, 5.41) is 13.9. The molecule has 90 heavy (non-hydrogen) atoms. The lowest BCUT2D eigenvalue weighted by Gasteiger charge is -2.27. The predicted octanol–water partition coefficient (Wildman–Crippen LogP) is 10.3. The number of halogens is 2. The SMILES string of the molecule is C=C1N=c2oc(-c3ccc(CCCCC)cc3)cc2=CN1C1CC(OC(=O)CCl)C(CO)O1.C=C1N=c2oc(-c3ccc(CCCCC)cc3)cc2=CN1C1CC(OC(=O)CCl)C(COC(=O)C(NC(=O)OCC2c3ccccc3-c3ccccc32)C(C)C)O1. The topological polar surface area (TPSA) is 213 Å². The van der Waals surface area contributed by atoms with Gasteiger partial charge in [-0.2, -0.15) is 9.98 Å². The molecule has 0 bridgehead atoms. The zero-order valence-electron chi connectivity index (χ0n) is 51.2. The van der Waals surface area contributed by atoms with E-state index < -0.39 is 66.9 Å². The monoisotopic (exact) mass is 1270 g/mol. The minimum Gasteiger partial charge on any atom is -0.461 e. The second-order valence-corrected chi connectivity index (χ2v) is 23.8. The Hall–Kier alpha value is -8.00. The Morgan fingerprint density at radius 1 is 0.644 bits per heavy atom. The third-order valence-electron chi connectivity index (χ3n) is 16.6. The molecule has 4 aromatic carbocycles. The molecule has 474 valence electrons. The van der Waals surface area contributed by atoms with Gasteiger partial charge in [0.2, 0.25) is 11.1 Å². The normalized spacial score (nSPS) is 20.0. The average Bonchev–Trinajstić information content (AvgIpc) is 1.74. The molecule has 20 heteroatoms. The Morgan fingerprint density at radius 3 is 1.57 bits per heavy atom. The fraction of sp³-hybridized carbons (Fsp3) is 0.400. The molecule has 6 aromatic rings. The van der Waals surface area contributed by atoms with Gasteiger partial charge in [0.25, 0.3) is 0 Å². The number of aliphatic hydroxyl groups excluding tert-OH is 1. The molecule has 5 aliphatic rings. The number of esters is 3. The number of carbonyl (C=O) groups excluding carboxylic acids is 4. The smallest absolute Gasteiger partial charge is 0.407 e. The van der Waals surface area contributed by atoms with Gasteiger partial charge in [-0.15, -0.1) is 23.2 Å². The highest BCUT2D eigenvalue weighted by atomic mass is 35.5. The largest absolute Gasteiger partial charge is 0.461 e. The number of nitrogens with zero attached hydrogens (tertiary/aromatic N) is 4. The number of aliphatic hydroxyl groups is 1. The van der Waals surface area contributed by atoms with Crippen LogP contribution in [-0.2, 0) is 55.6 Å². The molecule has 1 aliphatic carbocycles. The van der Waals surface area contributed by atoms with Gasteiger partial charge in [-0.1, -0.05) is 164 Å². The maximum atomic E-state index is 13.5. The Bertz CT molecular complexity index is 3760. The van der Waals surface area contributed by atoms with Crippen LogP contribution in [0.4, 0.5) is 4.79 Å². The Balaban J connectivity index is 0.000000229. The number of hydrogen-bond donors (Lipinski definition) is 2. The summed E-state index contributed by atoms with van der Waals surface area (Å²) in [5.41, 5.74) is 9.83. The van der Waals surface area contributed by atoms with Crippen molar-refractivity contribution in [3.8, 4) is 33.8 Å². The van der Waals surface area contributed by atoms with Crippen LogP contribution in [0.15, 0.2) is 153 Å². The van der Waals surface area contributed by atoms with Crippen LogP contribution in [0.1, 0.15) is 107 Å². The van der Waals surface area contributed by atoms with Gasteiger partial charge < -0.3 is 57.5 Å². The minimum absolute atomic E-state index is 0.101. The van der Waals surface area contributed by atoms with E-state index in [1.807, 2.05) is 60.9 Å². The number of nitrogens with one attached hydrogen (secondary N) is 1. The summed E-state index contributed by atoms with van der Waals surface area (Å²) >= 11 is 11.3. The van der Waals surface area contributed by atoms with Crippen molar-refractivity contribution in [2.75, 3.05) is 31.6 Å². The first-order chi connectivity index (χ1) is 43.6. The van der Waals surface area contributed by atoms with Crippen molar-refractivity contribution < 1.29 is 61.5 Å². The van der Waals surface area contributed by atoms with E-state index in [0.717, 1.165) is 68.8 Å². The predicted molar refractivity (Wildman–Crippen MR) is 340 cm³/mol. The number of ether oxygens (including phenoxy) is 6. The molecule has 11 rings (SSSR count). The molecule has 18 nitrogen and oxygen atoms in total. The van der Waals surface area contributed by atoms with E-state index in [2.05, 4.69) is 103 Å². The third-order valence-corrected chi connectivity index (χ3v) is 17.0. The fourth-order valence-electron chi connectivity index (χ4n) is 11.8. The van der Waals surface area contributed by atoms with E-state index >= 15 is 0 Å². The first-order valence-corrected chi connectivity index (χ1v) is 32.0. The summed E-state index contributed by atoms with van der Waals surface area (Å²) in [6, 6.07) is 35.7. The van der Waals surface area contributed by atoms with Crippen molar-refractivity contribution in [1.29, 1.82) is 0 Å². The molecule has 7 unspecified atom stereocenters. The highest BCUT2D eigenvalue weighted by Gasteiger charge is 2.44. The number of alkyl carbamates (subject to hydrolysis) is 1. The van der Waals surface area contributed by atoms with Crippen LogP contribution >= 0.6 is 23.2 Å². The van der Waals surface area contributed by atoms with E-state index in [1.54, 1.807) is 23.6 Å². The van der Waals surface area contributed by atoms with Crippen LogP contribution in [0.3, 0.4) is 0 Å². The quantitative estimate of drug-likeness (QED) is 0.0250. The molecule has 0 radical (unpaired) electrons. The molecular formula is C70H77Cl2N5O13. The average molecular weight is 1270 g/mol. The van der Waals surface area contributed by atoms with Gasteiger partial charge in [-0.25, -0.2) is 9.59 Å². The number of furan rings is 2. The van der Waals surface area contributed by atoms with Gasteiger partial charge in [0.05, 0.1) is 17.0 Å². The van der Waals surface area contributed by atoms with Gasteiger partial charge >= 0.3 is 24.0 Å². The lowest BCUT2D eigenvalue weighted by Crippen LogP contribution is -2.46. The number of amides is 1. The van der Waals surface area contributed by atoms with Crippen molar-refractivity contribution in [3.05, 3.63) is 178 Å². The lowest BCUT2D eigenvalue weighted by molar-refractivity contribution is -0.158. The van der Waals surface area contributed by atoms with Crippen molar-refractivity contribution in [3.63, 3.8) is 0 Å². The third kappa shape index (κ3) is 15.4. The van der Waals surface area contributed by atoms with Gasteiger partial charge in [0, 0.05) is 42.3 Å². The number of benzene rings is 4. The second-order valence-electron chi connectivity index (χ2n) is 23.2. The standard InChI is InChI=1S/C45H48ClN3O8.C25H29ClN2O5/c1-5-6-7-12-29-17-19-30(20-18-29)37-21-31-24-49(28(4)47-43(31)57-37)40-22-38(56-41(50)23-46)39(55-40)26-53-44(51)42(27(2)3)48-45(52)54-25-36-34-15-10-8-13-32(34)33-14-9-11-16-35(33)36;1-3-4-5-6-17-7-9-18(10-8-17)20-11-19-14-28(16(2)27-25(19)33-20)23-12-21(22(15-29)31-23)32-24(30)13-26/h8-11,13-21,24,27,36,38-40,42H,4-7,12,22-23,25-26H2,1-3H3,(H,48,52);7-11,14,21-23,29H,2-6,12-13,15H2,1H3. The van der Waals surface area contributed by atoms with Crippen LogP contribution < -0.4 is 26.9 Å². The summed E-state index contributed by atoms with van der Waals surface area (Å²) in [6.07, 6.45) is 8.86. The Morgan fingerprint density at radius 2 is 1.11 bits per heavy atom. The van der Waals surface area contributed by atoms with E-state index in [1.165, 1.54) is 43.2 Å². The summed E-state index contributed by atoms with van der Waals surface area (Å²) < 4.78 is 46.8. The summed E-state index contributed by atoms with van der Waals surface area (Å²) in [4.78, 5) is 63.2. The van der Waals surface area contributed by atoms with E-state index in [9.17, 15) is 24.3 Å². The molecule has 7 atom stereocenters. The molecular weight excluding hydrogens is 1190 g/mol. The van der Waals surface area contributed by atoms with Crippen LogP contribution in [0.25, 0.3) is 46.2 Å². The highest BCUT2D eigenvalue weighted by molar-refractivity contribution is 6.26. The lowest BCUT2D eigenvalue weighted by atomic mass is 9.98. The Kier molecular flexibility index (Phi) is 21.8. The van der Waals surface area contributed by atoms with Crippen LogP contribution in [0.2, 0.25) is 0 Å². The fourth-order valence-corrected chi connectivity index (χ4v) is 11.9. The molecule has 0 spiro atoms. The molecule has 1 amide bonds. The second kappa shape index (κ2) is 30.2. The summed E-state index contributed by atoms with van der Waals surface area (Å²) in [7, 11) is 0. The van der Waals surface area contributed by atoms with E-state index in [0.29, 0.717) is 34.9 Å². The van der Waals surface area contributed by atoms with Gasteiger partial charge in [0.1, 0.15) is 91.0 Å². The zero-order valence-corrected chi connectivity index (χ0v) is 52.7. The number of aryl methyl sites for hydroxylation is 2. The number of hydrogen-bond acceptors (Lipinski definition) is 17.